The number of urea groups is 1. The number of fused-ring (bicyclic) bond motifs is 1. The highest BCUT2D eigenvalue weighted by Crippen LogP contribution is 2.36. The Kier molecular flexibility index (Phi) is 7.44. The predicted octanol–water partition coefficient (Wildman–Crippen LogP) is 6.29. The fraction of sp³-hybridized carbons (Fsp3) is 0.435. The molecule has 0 saturated carbocycles. The van der Waals surface area contributed by atoms with Crippen LogP contribution in [0.4, 0.5) is 19.3 Å². The summed E-state index contributed by atoms with van der Waals surface area (Å²) in [6.45, 7) is 3.25. The molecule has 156 valence electrons. The van der Waals surface area contributed by atoms with E-state index in [0.717, 1.165) is 49.1 Å². The summed E-state index contributed by atoms with van der Waals surface area (Å²) in [6, 6.07) is 10.3. The van der Waals surface area contributed by atoms with Crippen LogP contribution in [0.1, 0.15) is 57.1 Å². The third-order valence-corrected chi connectivity index (χ3v) is 5.24. The molecule has 29 heavy (non-hydrogen) atoms. The topological polar surface area (TPSA) is 41.6 Å². The number of hydrogen-bond acceptors (Lipinski definition) is 2. The molecule has 0 aliphatic carbocycles. The van der Waals surface area contributed by atoms with Crippen LogP contribution in [-0.4, -0.2) is 24.1 Å². The fourth-order valence-corrected chi connectivity index (χ4v) is 3.71. The van der Waals surface area contributed by atoms with Crippen LogP contribution in [-0.2, 0) is 0 Å². The lowest BCUT2D eigenvalue weighted by molar-refractivity contribution is 0.153. The number of unbranched alkanes of at least 4 members (excludes halogenated alkanes) is 4. The molecule has 2 aromatic rings. The third-order valence-electron chi connectivity index (χ3n) is 5.24. The number of nitrogens with one attached hydrogen (secondary N) is 1. The summed E-state index contributed by atoms with van der Waals surface area (Å²) >= 11 is 0. The van der Waals surface area contributed by atoms with Gasteiger partial charge in [-0.15, -0.1) is 0 Å². The van der Waals surface area contributed by atoms with Gasteiger partial charge in [-0.05, 0) is 24.6 Å². The van der Waals surface area contributed by atoms with Gasteiger partial charge in [-0.2, -0.15) is 0 Å². The van der Waals surface area contributed by atoms with Crippen molar-refractivity contribution in [3.63, 3.8) is 0 Å². The van der Waals surface area contributed by atoms with Crippen molar-refractivity contribution < 1.29 is 18.3 Å². The zero-order valence-electron chi connectivity index (χ0n) is 16.8. The van der Waals surface area contributed by atoms with Gasteiger partial charge in [0.15, 0.2) is 0 Å². The van der Waals surface area contributed by atoms with Crippen molar-refractivity contribution in [2.24, 2.45) is 0 Å². The molecule has 1 heterocycles. The lowest BCUT2D eigenvalue weighted by atomic mass is 9.98. The molecule has 0 fully saturated rings. The van der Waals surface area contributed by atoms with Crippen molar-refractivity contribution in [3.05, 3.63) is 59.7 Å². The summed E-state index contributed by atoms with van der Waals surface area (Å²) in [6.07, 6.45) is 6.04. The van der Waals surface area contributed by atoms with Crippen LogP contribution in [0.5, 0.6) is 5.75 Å². The highest BCUT2D eigenvalue weighted by molar-refractivity contribution is 5.89. The van der Waals surface area contributed by atoms with Crippen molar-refractivity contribution in [3.8, 4) is 5.75 Å². The number of rotatable bonds is 8. The average molecular weight is 402 g/mol. The van der Waals surface area contributed by atoms with E-state index < -0.39 is 11.6 Å². The maximum Gasteiger partial charge on any atom is 0.322 e. The Morgan fingerprint density at radius 3 is 2.72 bits per heavy atom. The van der Waals surface area contributed by atoms with Crippen LogP contribution in [0.15, 0.2) is 42.5 Å². The fourth-order valence-electron chi connectivity index (χ4n) is 3.71. The Morgan fingerprint density at radius 2 is 1.93 bits per heavy atom. The largest absolute Gasteiger partial charge is 0.493 e. The highest BCUT2D eigenvalue weighted by atomic mass is 19.1. The van der Waals surface area contributed by atoms with Crippen molar-refractivity contribution >= 4 is 11.7 Å². The smallest absolute Gasteiger partial charge is 0.322 e. The Morgan fingerprint density at radius 1 is 1.14 bits per heavy atom. The molecule has 6 heteroatoms. The summed E-state index contributed by atoms with van der Waals surface area (Å²) in [5.74, 6) is -0.680. The Labute approximate surface area is 170 Å². The van der Waals surface area contributed by atoms with Gasteiger partial charge >= 0.3 is 6.03 Å². The Bertz CT molecular complexity index is 828. The average Bonchev–Trinajstić information content (AvgIpc) is 2.72. The zero-order chi connectivity index (χ0) is 20.6. The van der Waals surface area contributed by atoms with Gasteiger partial charge in [-0.1, -0.05) is 50.8 Å². The van der Waals surface area contributed by atoms with Crippen LogP contribution in [0.2, 0.25) is 0 Å². The minimum atomic E-state index is -0.784. The number of benzene rings is 2. The molecule has 0 aromatic heterocycles. The second-order valence-corrected chi connectivity index (χ2v) is 7.35. The predicted molar refractivity (Wildman–Crippen MR) is 110 cm³/mol. The molecule has 4 nitrogen and oxygen atoms in total. The third kappa shape index (κ3) is 5.46. The quantitative estimate of drug-likeness (QED) is 0.527. The summed E-state index contributed by atoms with van der Waals surface area (Å²) in [5, 5.41) is 2.62. The monoisotopic (exact) mass is 402 g/mol. The number of hydrogen-bond donors (Lipinski definition) is 1. The van der Waals surface area contributed by atoms with Gasteiger partial charge in [0.05, 0.1) is 18.3 Å². The summed E-state index contributed by atoms with van der Waals surface area (Å²) in [7, 11) is 0. The zero-order valence-corrected chi connectivity index (χ0v) is 16.8. The van der Waals surface area contributed by atoms with Gasteiger partial charge < -0.3 is 15.0 Å². The molecule has 1 unspecified atom stereocenters. The van der Waals surface area contributed by atoms with E-state index in [4.69, 9.17) is 4.74 Å². The number of anilines is 1. The SMILES string of the molecule is CCCCCCCN(C(=O)Nc1ccc(F)cc1F)C1CCOc2ccccc21. The molecule has 0 bridgehead atoms. The van der Waals surface area contributed by atoms with Crippen molar-refractivity contribution in [1.82, 2.24) is 4.90 Å². The maximum absolute atomic E-state index is 14.1. The van der Waals surface area contributed by atoms with E-state index in [0.29, 0.717) is 19.6 Å². The van der Waals surface area contributed by atoms with E-state index in [2.05, 4.69) is 12.2 Å². The van der Waals surface area contributed by atoms with Gasteiger partial charge in [-0.25, -0.2) is 13.6 Å². The number of nitrogens with zero attached hydrogens (tertiary/aromatic N) is 1. The molecule has 0 radical (unpaired) electrons. The second-order valence-electron chi connectivity index (χ2n) is 7.35. The van der Waals surface area contributed by atoms with Gasteiger partial charge in [0, 0.05) is 24.6 Å². The van der Waals surface area contributed by atoms with Crippen molar-refractivity contribution in [2.75, 3.05) is 18.5 Å². The van der Waals surface area contributed by atoms with Gasteiger partial charge in [0.2, 0.25) is 0 Å². The van der Waals surface area contributed by atoms with Crippen LogP contribution in [0.3, 0.4) is 0 Å². The molecule has 0 spiro atoms. The minimum Gasteiger partial charge on any atom is -0.493 e. The number of carbonyl (C=O) groups excluding carboxylic acids is 1. The molecular formula is C23H28F2N2O2. The van der Waals surface area contributed by atoms with Crippen molar-refractivity contribution in [1.29, 1.82) is 0 Å². The van der Waals surface area contributed by atoms with Gasteiger partial charge in [0.1, 0.15) is 17.4 Å². The summed E-state index contributed by atoms with van der Waals surface area (Å²) < 4.78 is 33.0. The molecule has 1 aliphatic heterocycles. The molecular weight excluding hydrogens is 374 g/mol. The second kappa shape index (κ2) is 10.2. The van der Waals surface area contributed by atoms with E-state index in [1.807, 2.05) is 24.3 Å². The number of ether oxygens (including phenoxy) is 1. The van der Waals surface area contributed by atoms with Crippen LogP contribution in [0, 0.1) is 11.6 Å². The van der Waals surface area contributed by atoms with Gasteiger partial charge in [-0.3, -0.25) is 0 Å². The van der Waals surface area contributed by atoms with Crippen LogP contribution >= 0.6 is 0 Å². The first-order chi connectivity index (χ1) is 14.1. The number of para-hydroxylation sites is 1. The van der Waals surface area contributed by atoms with Crippen LogP contribution < -0.4 is 10.1 Å². The van der Waals surface area contributed by atoms with E-state index >= 15 is 0 Å². The van der Waals surface area contributed by atoms with E-state index in [1.54, 1.807) is 4.90 Å². The molecule has 1 atom stereocenters. The molecule has 3 rings (SSSR count). The van der Waals surface area contributed by atoms with E-state index in [9.17, 15) is 13.6 Å². The summed E-state index contributed by atoms with van der Waals surface area (Å²) in [4.78, 5) is 14.9. The number of carbonyl (C=O) groups is 1. The molecule has 2 aromatic carbocycles. The van der Waals surface area contributed by atoms with E-state index in [-0.39, 0.29) is 17.8 Å². The molecule has 1 aliphatic rings. The Hall–Kier alpha value is -2.63. The van der Waals surface area contributed by atoms with Crippen molar-refractivity contribution in [2.45, 2.75) is 51.5 Å². The Balaban J connectivity index is 1.78. The first-order valence-electron chi connectivity index (χ1n) is 10.3. The minimum absolute atomic E-state index is 0.0206. The van der Waals surface area contributed by atoms with Gasteiger partial charge in [0.25, 0.3) is 0 Å². The maximum atomic E-state index is 14.1. The lowest BCUT2D eigenvalue weighted by Crippen LogP contribution is -2.41. The molecule has 0 saturated heterocycles. The van der Waals surface area contributed by atoms with E-state index in [1.165, 1.54) is 12.5 Å². The first-order valence-corrected chi connectivity index (χ1v) is 10.3. The lowest BCUT2D eigenvalue weighted by Gasteiger charge is -2.36. The molecule has 1 N–H and O–H groups in total. The normalized spacial score (nSPS) is 15.3. The molecule has 2 amide bonds. The standard InChI is InChI=1S/C23H28F2N2O2/c1-2-3-4-5-8-14-27(21-13-15-29-22-10-7-6-9-18(21)22)23(28)26-20-12-11-17(24)16-19(20)25/h6-7,9-12,16,21H,2-5,8,13-15H2,1H3,(H,26,28). The number of halogens is 2. The summed E-state index contributed by atoms with van der Waals surface area (Å²) in [5.41, 5.74) is 0.940. The highest BCUT2D eigenvalue weighted by Gasteiger charge is 2.30. The van der Waals surface area contributed by atoms with Crippen LogP contribution in [0.25, 0.3) is 0 Å². The number of amides is 2. The first kappa shape index (κ1) is 21.1.